The van der Waals surface area contributed by atoms with Crippen LogP contribution in [-0.4, -0.2) is 23.7 Å². The zero-order chi connectivity index (χ0) is 13.1. The molecule has 0 bridgehead atoms. The van der Waals surface area contributed by atoms with Gasteiger partial charge in [-0.05, 0) is 58.7 Å². The van der Waals surface area contributed by atoms with Crippen LogP contribution in [0.25, 0.3) is 0 Å². The number of aryl methyl sites for hydroxylation is 1. The molecule has 18 heavy (non-hydrogen) atoms. The van der Waals surface area contributed by atoms with Crippen molar-refractivity contribution in [2.45, 2.75) is 19.3 Å². The van der Waals surface area contributed by atoms with Crippen LogP contribution >= 0.6 is 22.6 Å². The number of anilines is 1. The lowest BCUT2D eigenvalue weighted by Gasteiger charge is -2.19. The van der Waals surface area contributed by atoms with Crippen LogP contribution in [0.1, 0.15) is 17.5 Å². The van der Waals surface area contributed by atoms with E-state index >= 15 is 0 Å². The number of benzene rings is 1. The van der Waals surface area contributed by atoms with Crippen molar-refractivity contribution in [2.75, 3.05) is 11.9 Å². The van der Waals surface area contributed by atoms with Crippen molar-refractivity contribution in [3.63, 3.8) is 0 Å². The Morgan fingerprint density at radius 1 is 1.44 bits per heavy atom. The summed E-state index contributed by atoms with van der Waals surface area (Å²) in [5, 5.41) is 13.7. The van der Waals surface area contributed by atoms with Crippen LogP contribution in [-0.2, 0) is 17.6 Å². The van der Waals surface area contributed by atoms with Crippen molar-refractivity contribution in [1.29, 1.82) is 0 Å². The van der Waals surface area contributed by atoms with Crippen molar-refractivity contribution < 1.29 is 14.7 Å². The smallest absolute Gasteiger partial charge is 0.404 e. The second-order valence-electron chi connectivity index (χ2n) is 4.13. The van der Waals surface area contributed by atoms with Crippen LogP contribution in [0.15, 0.2) is 12.1 Å². The van der Waals surface area contributed by atoms with Crippen LogP contribution in [0.3, 0.4) is 0 Å². The average molecular weight is 360 g/mol. The Hall–Kier alpha value is -1.31. The van der Waals surface area contributed by atoms with Gasteiger partial charge < -0.3 is 15.7 Å². The first-order valence-electron chi connectivity index (χ1n) is 5.64. The Kier molecular flexibility index (Phi) is 4.05. The molecule has 6 heteroatoms. The number of hydrogen-bond donors (Lipinski definition) is 3. The maximum absolute atomic E-state index is 11.3. The summed E-state index contributed by atoms with van der Waals surface area (Å²) in [5.41, 5.74) is 3.05. The van der Waals surface area contributed by atoms with E-state index in [9.17, 15) is 9.59 Å². The normalized spacial score (nSPS) is 13.7. The lowest BCUT2D eigenvalue weighted by molar-refractivity contribution is -0.116. The molecule has 1 heterocycles. The maximum atomic E-state index is 11.3. The Balaban J connectivity index is 2.13. The number of halogens is 1. The molecule has 2 amide bonds. The summed E-state index contributed by atoms with van der Waals surface area (Å²) in [5.74, 6) is 0.0401. The van der Waals surface area contributed by atoms with E-state index in [1.54, 1.807) is 0 Å². The van der Waals surface area contributed by atoms with Crippen LogP contribution < -0.4 is 10.6 Å². The third-order valence-electron chi connectivity index (χ3n) is 2.84. The molecule has 0 aromatic heterocycles. The van der Waals surface area contributed by atoms with E-state index in [2.05, 4.69) is 39.3 Å². The van der Waals surface area contributed by atoms with Crippen LogP contribution in [0.2, 0.25) is 0 Å². The highest BCUT2D eigenvalue weighted by atomic mass is 127. The molecule has 96 valence electrons. The van der Waals surface area contributed by atoms with Gasteiger partial charge >= 0.3 is 6.09 Å². The molecule has 2 rings (SSSR count). The van der Waals surface area contributed by atoms with E-state index in [1.807, 2.05) is 6.07 Å². The molecule has 0 spiro atoms. The second-order valence-corrected chi connectivity index (χ2v) is 5.29. The number of carboxylic acid groups (broad SMARTS) is 1. The monoisotopic (exact) mass is 360 g/mol. The third kappa shape index (κ3) is 3.12. The second kappa shape index (κ2) is 5.55. The Morgan fingerprint density at radius 2 is 2.22 bits per heavy atom. The van der Waals surface area contributed by atoms with E-state index in [1.165, 1.54) is 0 Å². The number of fused-ring (bicyclic) bond motifs is 1. The SMILES string of the molecule is O=C(O)NCCc1cc2c(cc1I)CCC(=O)N2. The third-order valence-corrected chi connectivity index (χ3v) is 3.84. The number of hydrogen-bond acceptors (Lipinski definition) is 2. The lowest BCUT2D eigenvalue weighted by Crippen LogP contribution is -2.24. The molecule has 1 aliphatic rings. The first kappa shape index (κ1) is 13.1. The molecule has 0 saturated heterocycles. The fraction of sp³-hybridized carbons (Fsp3) is 0.333. The minimum Gasteiger partial charge on any atom is -0.465 e. The highest BCUT2D eigenvalue weighted by Crippen LogP contribution is 2.27. The first-order chi connectivity index (χ1) is 8.56. The number of amides is 2. The van der Waals surface area contributed by atoms with E-state index in [4.69, 9.17) is 5.11 Å². The quantitative estimate of drug-likeness (QED) is 0.722. The maximum Gasteiger partial charge on any atom is 0.404 e. The number of carbonyl (C=O) groups is 2. The molecule has 0 radical (unpaired) electrons. The van der Waals surface area contributed by atoms with Crippen LogP contribution in [0, 0.1) is 3.57 Å². The zero-order valence-electron chi connectivity index (χ0n) is 9.62. The Morgan fingerprint density at radius 3 is 2.94 bits per heavy atom. The van der Waals surface area contributed by atoms with Crippen LogP contribution in [0.5, 0.6) is 0 Å². The fourth-order valence-corrected chi connectivity index (χ4v) is 2.74. The molecule has 0 aliphatic carbocycles. The van der Waals surface area contributed by atoms with Crippen molar-refractivity contribution in [3.05, 3.63) is 26.8 Å². The average Bonchev–Trinajstić information content (AvgIpc) is 2.30. The summed E-state index contributed by atoms with van der Waals surface area (Å²) >= 11 is 2.24. The summed E-state index contributed by atoms with van der Waals surface area (Å²) in [7, 11) is 0. The lowest BCUT2D eigenvalue weighted by atomic mass is 10.00. The van der Waals surface area contributed by atoms with Crippen LogP contribution in [0.4, 0.5) is 10.5 Å². The molecule has 0 unspecified atom stereocenters. The minimum atomic E-state index is -1.02. The van der Waals surface area contributed by atoms with Gasteiger partial charge in [-0.2, -0.15) is 0 Å². The Bertz CT molecular complexity index is 502. The van der Waals surface area contributed by atoms with Gasteiger partial charge in [0.15, 0.2) is 0 Å². The van der Waals surface area contributed by atoms with Gasteiger partial charge in [-0.3, -0.25) is 4.79 Å². The standard InChI is InChI=1S/C12H13IN2O3/c13-9-5-8-1-2-11(16)15-10(8)6-7(9)3-4-14-12(17)18/h5-6,14H,1-4H2,(H,15,16)(H,17,18). The van der Waals surface area contributed by atoms with Gasteiger partial charge in [0, 0.05) is 22.2 Å². The largest absolute Gasteiger partial charge is 0.465 e. The first-order valence-corrected chi connectivity index (χ1v) is 6.72. The van der Waals surface area contributed by atoms with Gasteiger partial charge in [-0.25, -0.2) is 4.79 Å². The molecule has 1 aliphatic heterocycles. The van der Waals surface area contributed by atoms with Crippen molar-refractivity contribution in [1.82, 2.24) is 5.32 Å². The number of carbonyl (C=O) groups excluding carboxylic acids is 1. The van der Waals surface area contributed by atoms with Gasteiger partial charge in [0.2, 0.25) is 5.91 Å². The molecule has 1 aromatic carbocycles. The summed E-state index contributed by atoms with van der Waals surface area (Å²) in [6.45, 7) is 0.373. The topological polar surface area (TPSA) is 78.4 Å². The van der Waals surface area contributed by atoms with Crippen molar-refractivity contribution in [3.8, 4) is 0 Å². The predicted octanol–water partition coefficient (Wildman–Crippen LogP) is 1.99. The molecular formula is C12H13IN2O3. The molecule has 3 N–H and O–H groups in total. The zero-order valence-corrected chi connectivity index (χ0v) is 11.8. The molecular weight excluding hydrogens is 347 g/mol. The van der Waals surface area contributed by atoms with Gasteiger partial charge in [0.1, 0.15) is 0 Å². The molecule has 5 nitrogen and oxygen atoms in total. The van der Waals surface area contributed by atoms with E-state index < -0.39 is 6.09 Å². The number of rotatable bonds is 3. The van der Waals surface area contributed by atoms with Crippen molar-refractivity contribution >= 4 is 40.3 Å². The minimum absolute atomic E-state index is 0.0401. The summed E-state index contributed by atoms with van der Waals surface area (Å²) in [4.78, 5) is 21.7. The molecule has 1 aromatic rings. The fourth-order valence-electron chi connectivity index (χ4n) is 1.94. The van der Waals surface area contributed by atoms with Gasteiger partial charge in [0.05, 0.1) is 0 Å². The molecule has 0 atom stereocenters. The Labute approximate surface area is 118 Å². The molecule has 0 saturated carbocycles. The van der Waals surface area contributed by atoms with Crippen molar-refractivity contribution in [2.24, 2.45) is 0 Å². The number of nitrogens with one attached hydrogen (secondary N) is 2. The van der Waals surface area contributed by atoms with Gasteiger partial charge in [-0.15, -0.1) is 0 Å². The van der Waals surface area contributed by atoms with Gasteiger partial charge in [0.25, 0.3) is 0 Å². The van der Waals surface area contributed by atoms with E-state index in [0.29, 0.717) is 19.4 Å². The highest BCUT2D eigenvalue weighted by Gasteiger charge is 2.16. The molecule has 0 fully saturated rings. The summed E-state index contributed by atoms with van der Waals surface area (Å²) in [6.07, 6.45) is 0.901. The van der Waals surface area contributed by atoms with E-state index in [-0.39, 0.29) is 5.91 Å². The summed E-state index contributed by atoms with van der Waals surface area (Å²) < 4.78 is 1.11. The highest BCUT2D eigenvalue weighted by molar-refractivity contribution is 14.1. The summed E-state index contributed by atoms with van der Waals surface area (Å²) in [6, 6.07) is 4.00. The van der Waals surface area contributed by atoms with E-state index in [0.717, 1.165) is 26.8 Å². The predicted molar refractivity (Wildman–Crippen MR) is 75.8 cm³/mol. The van der Waals surface area contributed by atoms with Gasteiger partial charge in [-0.1, -0.05) is 0 Å².